The molecule has 0 saturated heterocycles. The molecule has 0 spiro atoms. The maximum atomic E-state index is 12.3. The van der Waals surface area contributed by atoms with E-state index in [1.54, 1.807) is 0 Å². The number of carbonyl (C=O) groups is 1. The van der Waals surface area contributed by atoms with Crippen LogP contribution in [0.2, 0.25) is 0 Å². The third-order valence-corrected chi connectivity index (χ3v) is 5.26. The molecule has 0 amide bonds. The van der Waals surface area contributed by atoms with Gasteiger partial charge < -0.3 is 5.11 Å². The summed E-state index contributed by atoms with van der Waals surface area (Å²) < 4.78 is 27.3. The van der Waals surface area contributed by atoms with Gasteiger partial charge in [0.05, 0.1) is 11.3 Å². The highest BCUT2D eigenvalue weighted by Crippen LogP contribution is 2.17. The zero-order valence-corrected chi connectivity index (χ0v) is 13.5. The molecule has 5 nitrogen and oxygen atoms in total. The molecule has 0 fully saturated rings. The summed E-state index contributed by atoms with van der Waals surface area (Å²) in [4.78, 5) is 10.8. The van der Waals surface area contributed by atoms with E-state index in [4.69, 9.17) is 5.11 Å². The second-order valence-corrected chi connectivity index (χ2v) is 6.91. The molecular weight excluding hydrogens is 290 g/mol. The van der Waals surface area contributed by atoms with Crippen molar-refractivity contribution in [3.63, 3.8) is 0 Å². The lowest BCUT2D eigenvalue weighted by Crippen LogP contribution is -2.37. The van der Waals surface area contributed by atoms with Crippen LogP contribution in [0, 0.1) is 5.92 Å². The maximum Gasteiger partial charge on any atom is 0.307 e. The lowest BCUT2D eigenvalue weighted by atomic mass is 9.96. The Bertz CT molecular complexity index is 562. The van der Waals surface area contributed by atoms with Crippen molar-refractivity contribution in [1.82, 2.24) is 4.72 Å². The molecule has 0 aromatic heterocycles. The molecule has 0 aliphatic carbocycles. The molecular formula is C15H23NO4S. The monoisotopic (exact) mass is 313 g/mol. The van der Waals surface area contributed by atoms with E-state index in [1.165, 1.54) is 24.3 Å². The molecule has 1 unspecified atom stereocenters. The average Bonchev–Trinajstić information content (AvgIpc) is 2.39. The number of rotatable bonds is 8. The Hall–Kier alpha value is -1.40. The van der Waals surface area contributed by atoms with Crippen molar-refractivity contribution >= 4 is 16.0 Å². The first kappa shape index (κ1) is 17.7. The van der Waals surface area contributed by atoms with Crippen molar-refractivity contribution in [3.05, 3.63) is 29.8 Å². The van der Waals surface area contributed by atoms with Crippen molar-refractivity contribution in [2.75, 3.05) is 0 Å². The van der Waals surface area contributed by atoms with Gasteiger partial charge >= 0.3 is 5.97 Å². The molecule has 6 heteroatoms. The normalized spacial score (nSPS) is 13.3. The summed E-state index contributed by atoms with van der Waals surface area (Å²) in [5.74, 6) is -0.642. The van der Waals surface area contributed by atoms with E-state index in [9.17, 15) is 13.2 Å². The van der Waals surface area contributed by atoms with Crippen LogP contribution in [0.3, 0.4) is 0 Å². The second kappa shape index (κ2) is 7.56. The molecule has 118 valence electrons. The SMILES string of the molecule is CCC(CC)C(C)NS(=O)(=O)c1ccc(CC(=O)O)cc1. The highest BCUT2D eigenvalue weighted by atomic mass is 32.2. The van der Waals surface area contributed by atoms with Crippen LogP contribution in [0.4, 0.5) is 0 Å². The van der Waals surface area contributed by atoms with Crippen LogP contribution in [-0.4, -0.2) is 25.5 Å². The lowest BCUT2D eigenvalue weighted by Gasteiger charge is -2.22. The molecule has 0 aliphatic heterocycles. The zero-order chi connectivity index (χ0) is 16.0. The first-order valence-corrected chi connectivity index (χ1v) is 8.61. The minimum atomic E-state index is -3.57. The summed E-state index contributed by atoms with van der Waals surface area (Å²) in [5, 5.41) is 8.70. The average molecular weight is 313 g/mol. The molecule has 1 atom stereocenters. The summed E-state index contributed by atoms with van der Waals surface area (Å²) in [7, 11) is -3.57. The van der Waals surface area contributed by atoms with Gasteiger partial charge in [0.2, 0.25) is 10.0 Å². The number of sulfonamides is 1. The molecule has 1 rings (SSSR count). The van der Waals surface area contributed by atoms with Gasteiger partial charge in [0.1, 0.15) is 0 Å². The Balaban J connectivity index is 2.85. The van der Waals surface area contributed by atoms with Gasteiger partial charge in [-0.2, -0.15) is 0 Å². The summed E-state index contributed by atoms with van der Waals surface area (Å²) in [6.45, 7) is 5.95. The fraction of sp³-hybridized carbons (Fsp3) is 0.533. The van der Waals surface area contributed by atoms with Gasteiger partial charge in [0, 0.05) is 6.04 Å². The van der Waals surface area contributed by atoms with Crippen molar-refractivity contribution < 1.29 is 18.3 Å². The predicted octanol–water partition coefficient (Wildman–Crippen LogP) is 2.42. The van der Waals surface area contributed by atoms with Crippen molar-refractivity contribution in [3.8, 4) is 0 Å². The Morgan fingerprint density at radius 2 is 1.71 bits per heavy atom. The van der Waals surface area contributed by atoms with E-state index in [0.29, 0.717) is 11.5 Å². The lowest BCUT2D eigenvalue weighted by molar-refractivity contribution is -0.136. The van der Waals surface area contributed by atoms with Gasteiger partial charge in [-0.25, -0.2) is 13.1 Å². The largest absolute Gasteiger partial charge is 0.481 e. The van der Waals surface area contributed by atoms with Gasteiger partial charge in [0.25, 0.3) is 0 Å². The van der Waals surface area contributed by atoms with Crippen LogP contribution >= 0.6 is 0 Å². The smallest absolute Gasteiger partial charge is 0.307 e. The Kier molecular flexibility index (Phi) is 6.36. The van der Waals surface area contributed by atoms with Crippen LogP contribution in [-0.2, 0) is 21.2 Å². The van der Waals surface area contributed by atoms with Crippen LogP contribution in [0.1, 0.15) is 39.2 Å². The first-order chi connectivity index (χ1) is 9.80. The Morgan fingerprint density at radius 1 is 1.19 bits per heavy atom. The maximum absolute atomic E-state index is 12.3. The number of aliphatic carboxylic acids is 1. The van der Waals surface area contributed by atoms with E-state index in [2.05, 4.69) is 4.72 Å². The van der Waals surface area contributed by atoms with Crippen LogP contribution in [0.25, 0.3) is 0 Å². The molecule has 1 aromatic carbocycles. The molecule has 0 bridgehead atoms. The van der Waals surface area contributed by atoms with Crippen molar-refractivity contribution in [2.45, 2.75) is 51.0 Å². The second-order valence-electron chi connectivity index (χ2n) is 5.20. The quantitative estimate of drug-likeness (QED) is 0.772. The van der Waals surface area contributed by atoms with Crippen LogP contribution in [0.15, 0.2) is 29.2 Å². The standard InChI is InChI=1S/C15H23NO4S/c1-4-13(5-2)11(3)16-21(19,20)14-8-6-12(7-9-14)10-15(17)18/h6-9,11,13,16H,4-5,10H2,1-3H3,(H,17,18). The van der Waals surface area contributed by atoms with Gasteiger partial charge in [-0.05, 0) is 30.5 Å². The molecule has 0 radical (unpaired) electrons. The fourth-order valence-electron chi connectivity index (χ4n) is 2.37. The number of hydrogen-bond acceptors (Lipinski definition) is 3. The minimum absolute atomic E-state index is 0.113. The molecule has 21 heavy (non-hydrogen) atoms. The van der Waals surface area contributed by atoms with Gasteiger partial charge in [0.15, 0.2) is 0 Å². The minimum Gasteiger partial charge on any atom is -0.481 e. The predicted molar refractivity (Wildman–Crippen MR) is 81.6 cm³/mol. The number of carboxylic acids is 1. The molecule has 0 aliphatic rings. The molecule has 0 saturated carbocycles. The summed E-state index contributed by atoms with van der Waals surface area (Å²) in [5.41, 5.74) is 0.578. The van der Waals surface area contributed by atoms with E-state index < -0.39 is 16.0 Å². The first-order valence-electron chi connectivity index (χ1n) is 7.13. The summed E-state index contributed by atoms with van der Waals surface area (Å²) in [6.07, 6.45) is 1.72. The number of benzene rings is 1. The van der Waals surface area contributed by atoms with Crippen molar-refractivity contribution in [1.29, 1.82) is 0 Å². The number of carboxylic acid groups (broad SMARTS) is 1. The summed E-state index contributed by atoms with van der Waals surface area (Å²) >= 11 is 0. The van der Waals surface area contributed by atoms with Crippen LogP contribution < -0.4 is 4.72 Å². The van der Waals surface area contributed by atoms with Gasteiger partial charge in [-0.15, -0.1) is 0 Å². The van der Waals surface area contributed by atoms with E-state index in [1.807, 2.05) is 20.8 Å². The van der Waals surface area contributed by atoms with Crippen LogP contribution in [0.5, 0.6) is 0 Å². The highest BCUT2D eigenvalue weighted by Gasteiger charge is 2.21. The third-order valence-electron chi connectivity index (χ3n) is 3.69. The highest BCUT2D eigenvalue weighted by molar-refractivity contribution is 7.89. The number of hydrogen-bond donors (Lipinski definition) is 2. The zero-order valence-electron chi connectivity index (χ0n) is 12.7. The van der Waals surface area contributed by atoms with E-state index >= 15 is 0 Å². The molecule has 2 N–H and O–H groups in total. The Morgan fingerprint density at radius 3 is 2.14 bits per heavy atom. The molecule has 0 heterocycles. The number of nitrogens with one attached hydrogen (secondary N) is 1. The van der Waals surface area contributed by atoms with E-state index in [-0.39, 0.29) is 17.4 Å². The fourth-order valence-corrected chi connectivity index (χ4v) is 3.68. The summed E-state index contributed by atoms with van der Waals surface area (Å²) in [6, 6.07) is 5.82. The molecule has 1 aromatic rings. The van der Waals surface area contributed by atoms with Gasteiger partial charge in [-0.1, -0.05) is 38.8 Å². The topological polar surface area (TPSA) is 83.5 Å². The van der Waals surface area contributed by atoms with Gasteiger partial charge in [-0.3, -0.25) is 4.79 Å². The third kappa shape index (κ3) is 5.13. The Labute approximate surface area is 126 Å². The van der Waals surface area contributed by atoms with Crippen molar-refractivity contribution in [2.24, 2.45) is 5.92 Å². The van der Waals surface area contributed by atoms with E-state index in [0.717, 1.165) is 12.8 Å².